The molecule has 28 heavy (non-hydrogen) atoms. The number of halogens is 2. The number of benzene rings is 2. The van der Waals surface area contributed by atoms with E-state index in [2.05, 4.69) is 20.9 Å². The highest BCUT2D eigenvalue weighted by Crippen LogP contribution is 2.36. The zero-order valence-electron chi connectivity index (χ0n) is 16.4. The summed E-state index contributed by atoms with van der Waals surface area (Å²) in [5, 5.41) is 10.4. The molecule has 0 atom stereocenters. The van der Waals surface area contributed by atoms with E-state index in [4.69, 9.17) is 23.2 Å². The fraction of sp³-hybridized carbons (Fsp3) is 0.300. The molecule has 0 bridgehead atoms. The Bertz CT molecular complexity index is 1040. The second-order valence-corrected chi connectivity index (χ2v) is 7.59. The zero-order valence-corrected chi connectivity index (χ0v) is 18.0. The summed E-state index contributed by atoms with van der Waals surface area (Å²) in [6.45, 7) is 7.82. The number of nitrogens with zero attached hydrogens (tertiary/aromatic N) is 2. The van der Waals surface area contributed by atoms with E-state index in [1.165, 1.54) is 0 Å². The van der Waals surface area contributed by atoms with Crippen LogP contribution >= 0.6 is 23.2 Å². The quantitative estimate of drug-likeness (QED) is 0.509. The number of rotatable bonds is 2. The molecule has 1 aromatic heterocycles. The Hall–Kier alpha value is -2.44. The highest BCUT2D eigenvalue weighted by atomic mass is 35.5. The highest BCUT2D eigenvalue weighted by Gasteiger charge is 2.32. The first-order valence-electron chi connectivity index (χ1n) is 9.08. The van der Waals surface area contributed by atoms with Crippen molar-refractivity contribution in [1.29, 1.82) is 0 Å². The smallest absolute Gasteiger partial charge is 0.257 e. The van der Waals surface area contributed by atoms with Crippen molar-refractivity contribution in [3.63, 3.8) is 0 Å². The Balaban J connectivity index is 0.00000109. The molecule has 4 rings (SSSR count). The van der Waals surface area contributed by atoms with Crippen molar-refractivity contribution < 1.29 is 4.79 Å². The van der Waals surface area contributed by atoms with Gasteiger partial charge in [0.15, 0.2) is 0 Å². The van der Waals surface area contributed by atoms with Gasteiger partial charge in [-0.05, 0) is 38.1 Å². The topological polar surface area (TPSA) is 71.0 Å². The molecular weight excluding hydrogens is 397 g/mol. The molecule has 3 aromatic rings. The molecule has 0 aliphatic carbocycles. The second-order valence-electron chi connectivity index (χ2n) is 6.78. The number of para-hydroxylation sites is 1. The molecule has 6 nitrogen and oxygen atoms in total. The van der Waals surface area contributed by atoms with Gasteiger partial charge >= 0.3 is 0 Å². The van der Waals surface area contributed by atoms with E-state index < -0.39 is 5.66 Å². The Kier molecular flexibility index (Phi) is 5.46. The molecule has 8 heteroatoms. The predicted octanol–water partition coefficient (Wildman–Crippen LogP) is 5.54. The summed E-state index contributed by atoms with van der Waals surface area (Å²) >= 11 is 12.5. The SMILES string of the molecule is CC.Cn1c(Nc2c(Cl)cccc2Cl)nc2ccc3c(c21)C(=O)NC(C)(C)N3. The third-order valence-electron chi connectivity index (χ3n) is 4.34. The molecule has 0 spiro atoms. The van der Waals surface area contributed by atoms with E-state index in [1.54, 1.807) is 18.2 Å². The van der Waals surface area contributed by atoms with Crippen LogP contribution in [0.1, 0.15) is 38.1 Å². The van der Waals surface area contributed by atoms with Gasteiger partial charge in [-0.25, -0.2) is 4.98 Å². The van der Waals surface area contributed by atoms with Crippen LogP contribution in [0.15, 0.2) is 30.3 Å². The molecule has 1 aliphatic heterocycles. The summed E-state index contributed by atoms with van der Waals surface area (Å²) in [5.74, 6) is 0.403. The fourth-order valence-electron chi connectivity index (χ4n) is 3.19. The molecule has 0 saturated heterocycles. The van der Waals surface area contributed by atoms with Gasteiger partial charge in [-0.1, -0.05) is 43.1 Å². The van der Waals surface area contributed by atoms with E-state index in [-0.39, 0.29) is 5.91 Å². The molecule has 0 radical (unpaired) electrons. The molecule has 2 aromatic carbocycles. The number of hydrogen-bond acceptors (Lipinski definition) is 4. The maximum atomic E-state index is 12.7. The van der Waals surface area contributed by atoms with Crippen LogP contribution in [0.25, 0.3) is 11.0 Å². The monoisotopic (exact) mass is 419 g/mol. The summed E-state index contributed by atoms with van der Waals surface area (Å²) in [7, 11) is 1.84. The minimum absolute atomic E-state index is 0.139. The summed E-state index contributed by atoms with van der Waals surface area (Å²) in [4.78, 5) is 17.3. The zero-order chi connectivity index (χ0) is 20.6. The molecule has 1 aliphatic rings. The van der Waals surface area contributed by atoms with Crippen molar-refractivity contribution in [2.24, 2.45) is 7.05 Å². The third kappa shape index (κ3) is 3.50. The Morgan fingerprint density at radius 2 is 1.71 bits per heavy atom. The van der Waals surface area contributed by atoms with Crippen molar-refractivity contribution in [1.82, 2.24) is 14.9 Å². The van der Waals surface area contributed by atoms with Crippen LogP contribution in [0.2, 0.25) is 10.0 Å². The van der Waals surface area contributed by atoms with Gasteiger partial charge in [0.1, 0.15) is 5.66 Å². The van der Waals surface area contributed by atoms with Crippen molar-refractivity contribution in [2.45, 2.75) is 33.4 Å². The maximum Gasteiger partial charge on any atom is 0.257 e. The van der Waals surface area contributed by atoms with Crippen LogP contribution < -0.4 is 16.0 Å². The number of hydrogen-bond donors (Lipinski definition) is 3. The van der Waals surface area contributed by atoms with Crippen LogP contribution in [0.4, 0.5) is 17.3 Å². The number of aryl methyl sites for hydroxylation is 1. The van der Waals surface area contributed by atoms with Crippen molar-refractivity contribution in [3.8, 4) is 0 Å². The molecular formula is C20H23Cl2N5O. The Morgan fingerprint density at radius 3 is 2.36 bits per heavy atom. The number of carbonyl (C=O) groups excluding carboxylic acids is 1. The maximum absolute atomic E-state index is 12.7. The van der Waals surface area contributed by atoms with Gasteiger partial charge in [-0.3, -0.25) is 4.79 Å². The predicted molar refractivity (Wildman–Crippen MR) is 117 cm³/mol. The molecule has 148 valence electrons. The van der Waals surface area contributed by atoms with Gasteiger partial charge in [-0.2, -0.15) is 0 Å². The molecule has 0 saturated carbocycles. The number of imidazole rings is 1. The van der Waals surface area contributed by atoms with Crippen molar-refractivity contribution in [3.05, 3.63) is 45.9 Å². The first kappa shape index (κ1) is 20.3. The molecule has 2 heterocycles. The van der Waals surface area contributed by atoms with E-state index >= 15 is 0 Å². The minimum Gasteiger partial charge on any atom is -0.363 e. The lowest BCUT2D eigenvalue weighted by molar-refractivity contribution is 0.0915. The molecule has 1 amide bonds. The van der Waals surface area contributed by atoms with Gasteiger partial charge in [0, 0.05) is 7.05 Å². The number of amides is 1. The summed E-state index contributed by atoms with van der Waals surface area (Å²) in [6.07, 6.45) is 0. The lowest BCUT2D eigenvalue weighted by Gasteiger charge is -2.34. The first-order valence-corrected chi connectivity index (χ1v) is 9.83. The normalized spacial score (nSPS) is 14.5. The average Bonchev–Trinajstić information content (AvgIpc) is 2.95. The van der Waals surface area contributed by atoms with Gasteiger partial charge < -0.3 is 20.5 Å². The van der Waals surface area contributed by atoms with Crippen molar-refractivity contribution in [2.75, 3.05) is 10.6 Å². The fourth-order valence-corrected chi connectivity index (χ4v) is 3.69. The van der Waals surface area contributed by atoms with E-state index in [9.17, 15) is 4.79 Å². The van der Waals surface area contributed by atoms with Crippen LogP contribution in [0.5, 0.6) is 0 Å². The van der Waals surface area contributed by atoms with E-state index in [0.717, 1.165) is 11.2 Å². The van der Waals surface area contributed by atoms with Gasteiger partial charge in [-0.15, -0.1) is 0 Å². The van der Waals surface area contributed by atoms with Gasteiger partial charge in [0.2, 0.25) is 5.95 Å². The average molecular weight is 420 g/mol. The van der Waals surface area contributed by atoms with Crippen LogP contribution in [-0.4, -0.2) is 21.1 Å². The largest absolute Gasteiger partial charge is 0.363 e. The van der Waals surface area contributed by atoms with Crippen LogP contribution in [0, 0.1) is 0 Å². The van der Waals surface area contributed by atoms with Crippen LogP contribution in [0.3, 0.4) is 0 Å². The minimum atomic E-state index is -0.511. The van der Waals surface area contributed by atoms with Crippen molar-refractivity contribution >= 4 is 57.5 Å². The number of carbonyl (C=O) groups is 1. The van der Waals surface area contributed by atoms with Gasteiger partial charge in [0.05, 0.1) is 38.0 Å². The first-order chi connectivity index (χ1) is 13.3. The van der Waals surface area contributed by atoms with Crippen LogP contribution in [-0.2, 0) is 7.05 Å². The highest BCUT2D eigenvalue weighted by molar-refractivity contribution is 6.39. The Labute approximate surface area is 174 Å². The summed E-state index contributed by atoms with van der Waals surface area (Å²) in [5.41, 5.74) is 2.84. The number of anilines is 3. The standard InChI is InChI=1S/C18H17Cl2N5O.C2H6/c1-18(2)23-11-7-8-12-15(13(11)16(26)24-18)25(3)17(21-12)22-14-9(19)5-4-6-10(14)20;1-2/h4-8,23H,1-3H3,(H,21,22)(H,24,26);1-2H3. The number of fused-ring (bicyclic) bond motifs is 3. The lowest BCUT2D eigenvalue weighted by atomic mass is 10.0. The van der Waals surface area contributed by atoms with E-state index in [0.29, 0.717) is 32.8 Å². The summed E-state index contributed by atoms with van der Waals surface area (Å²) in [6, 6.07) is 9.03. The number of nitrogens with one attached hydrogen (secondary N) is 3. The molecule has 0 unspecified atom stereocenters. The summed E-state index contributed by atoms with van der Waals surface area (Å²) < 4.78 is 1.83. The molecule has 0 fully saturated rings. The number of aromatic nitrogens is 2. The lowest BCUT2D eigenvalue weighted by Crippen LogP contribution is -2.53. The Morgan fingerprint density at radius 1 is 1.07 bits per heavy atom. The molecule has 3 N–H and O–H groups in total. The third-order valence-corrected chi connectivity index (χ3v) is 4.97. The van der Waals surface area contributed by atoms with E-state index in [1.807, 2.05) is 51.4 Å². The second kappa shape index (κ2) is 7.53. The van der Waals surface area contributed by atoms with Gasteiger partial charge in [0.25, 0.3) is 5.91 Å².